The first-order chi connectivity index (χ1) is 9.13. The lowest BCUT2D eigenvalue weighted by Crippen LogP contribution is -2.24. The first kappa shape index (κ1) is 13.9. The van der Waals surface area contributed by atoms with Crippen molar-refractivity contribution in [2.24, 2.45) is 0 Å². The highest BCUT2D eigenvalue weighted by molar-refractivity contribution is 6.42. The second-order valence-corrected chi connectivity index (χ2v) is 4.83. The Hall–Kier alpha value is -1.51. The molecular formula is C15H13Cl2NO. The molecule has 0 aliphatic heterocycles. The summed E-state index contributed by atoms with van der Waals surface area (Å²) < 4.78 is 0. The molecule has 0 radical (unpaired) electrons. The molecule has 2 rings (SSSR count). The Morgan fingerprint density at radius 2 is 1.68 bits per heavy atom. The van der Waals surface area contributed by atoms with Crippen LogP contribution in [0.4, 0.5) is 11.4 Å². The van der Waals surface area contributed by atoms with Gasteiger partial charge in [0.05, 0.1) is 15.7 Å². The molecule has 2 aromatic carbocycles. The normalized spacial score (nSPS) is 10.3. The van der Waals surface area contributed by atoms with E-state index in [9.17, 15) is 4.79 Å². The van der Waals surface area contributed by atoms with E-state index in [1.807, 2.05) is 37.3 Å². The van der Waals surface area contributed by atoms with Crippen LogP contribution in [0.25, 0.3) is 0 Å². The highest BCUT2D eigenvalue weighted by Gasteiger charge is 2.16. The van der Waals surface area contributed by atoms with Crippen molar-refractivity contribution in [1.82, 2.24) is 0 Å². The molecule has 0 saturated heterocycles. The minimum atomic E-state index is 0.00425. The lowest BCUT2D eigenvalue weighted by molar-refractivity contribution is -0.117. The molecule has 0 bridgehead atoms. The summed E-state index contributed by atoms with van der Waals surface area (Å²) in [5.41, 5.74) is 1.53. The molecule has 0 N–H and O–H groups in total. The van der Waals surface area contributed by atoms with Crippen molar-refractivity contribution in [2.45, 2.75) is 13.3 Å². The summed E-state index contributed by atoms with van der Waals surface area (Å²) in [6, 6.07) is 14.6. The van der Waals surface area contributed by atoms with Gasteiger partial charge in [-0.3, -0.25) is 9.69 Å². The smallest absolute Gasteiger partial charge is 0.231 e. The lowest BCUT2D eigenvalue weighted by atomic mass is 10.2. The van der Waals surface area contributed by atoms with E-state index in [2.05, 4.69) is 0 Å². The van der Waals surface area contributed by atoms with Gasteiger partial charge in [-0.15, -0.1) is 0 Å². The molecule has 0 saturated carbocycles. The van der Waals surface area contributed by atoms with Gasteiger partial charge in [-0.25, -0.2) is 0 Å². The Labute approximate surface area is 122 Å². The summed E-state index contributed by atoms with van der Waals surface area (Å²) in [5, 5.41) is 0.909. The minimum Gasteiger partial charge on any atom is -0.281 e. The van der Waals surface area contributed by atoms with Gasteiger partial charge in [-0.05, 0) is 30.3 Å². The van der Waals surface area contributed by atoms with Crippen molar-refractivity contribution in [3.8, 4) is 0 Å². The van der Waals surface area contributed by atoms with E-state index < -0.39 is 0 Å². The number of carbonyl (C=O) groups excluding carboxylic acids is 1. The number of anilines is 2. The Kier molecular flexibility index (Phi) is 4.46. The molecule has 0 fully saturated rings. The monoisotopic (exact) mass is 293 g/mol. The second-order valence-electron chi connectivity index (χ2n) is 4.02. The number of nitrogens with zero attached hydrogens (tertiary/aromatic N) is 1. The predicted molar refractivity (Wildman–Crippen MR) is 80.3 cm³/mol. The van der Waals surface area contributed by atoms with Crippen LogP contribution in [0.5, 0.6) is 0 Å². The van der Waals surface area contributed by atoms with E-state index in [4.69, 9.17) is 23.2 Å². The molecule has 0 aromatic heterocycles. The summed E-state index contributed by atoms with van der Waals surface area (Å²) in [7, 11) is 0. The van der Waals surface area contributed by atoms with E-state index in [-0.39, 0.29) is 5.91 Å². The molecule has 0 spiro atoms. The molecule has 1 amide bonds. The van der Waals surface area contributed by atoms with E-state index >= 15 is 0 Å². The van der Waals surface area contributed by atoms with Crippen LogP contribution in [0.3, 0.4) is 0 Å². The van der Waals surface area contributed by atoms with Crippen LogP contribution in [-0.2, 0) is 4.79 Å². The van der Waals surface area contributed by atoms with Gasteiger partial charge in [-0.2, -0.15) is 0 Å². The highest BCUT2D eigenvalue weighted by atomic mass is 35.5. The van der Waals surface area contributed by atoms with Crippen molar-refractivity contribution >= 4 is 40.5 Å². The van der Waals surface area contributed by atoms with E-state index in [1.165, 1.54) is 0 Å². The summed E-state index contributed by atoms with van der Waals surface area (Å²) in [5.74, 6) is 0.00425. The zero-order valence-corrected chi connectivity index (χ0v) is 11.9. The van der Waals surface area contributed by atoms with E-state index in [1.54, 1.807) is 23.1 Å². The van der Waals surface area contributed by atoms with Crippen molar-refractivity contribution in [1.29, 1.82) is 0 Å². The molecule has 98 valence electrons. The fourth-order valence-electron chi connectivity index (χ4n) is 1.80. The maximum absolute atomic E-state index is 12.2. The summed E-state index contributed by atoms with van der Waals surface area (Å²) in [4.78, 5) is 13.8. The third-order valence-corrected chi connectivity index (χ3v) is 3.47. The zero-order chi connectivity index (χ0) is 13.8. The molecule has 0 atom stereocenters. The molecule has 0 unspecified atom stereocenters. The number of hydrogen-bond acceptors (Lipinski definition) is 1. The number of hydrogen-bond donors (Lipinski definition) is 0. The maximum Gasteiger partial charge on any atom is 0.231 e. The molecule has 19 heavy (non-hydrogen) atoms. The van der Waals surface area contributed by atoms with Crippen LogP contribution in [0.1, 0.15) is 13.3 Å². The first-order valence-corrected chi connectivity index (χ1v) is 6.72. The lowest BCUT2D eigenvalue weighted by Gasteiger charge is -2.22. The van der Waals surface area contributed by atoms with Crippen LogP contribution >= 0.6 is 23.2 Å². The van der Waals surface area contributed by atoms with Gasteiger partial charge in [-0.1, -0.05) is 48.3 Å². The standard InChI is InChI=1S/C15H13Cl2NO/c1-2-15(19)18(11-6-4-3-5-7-11)12-8-9-13(16)14(17)10-12/h3-10H,2H2,1H3. The first-order valence-electron chi connectivity index (χ1n) is 5.96. The summed E-state index contributed by atoms with van der Waals surface area (Å²) in [6.45, 7) is 1.83. The molecular weight excluding hydrogens is 281 g/mol. The summed E-state index contributed by atoms with van der Waals surface area (Å²) in [6.07, 6.45) is 0.412. The number of amides is 1. The molecule has 0 aliphatic rings. The third kappa shape index (κ3) is 3.09. The molecule has 2 aromatic rings. The van der Waals surface area contributed by atoms with E-state index in [0.29, 0.717) is 22.2 Å². The Morgan fingerprint density at radius 1 is 1.00 bits per heavy atom. The van der Waals surface area contributed by atoms with Gasteiger partial charge in [0.15, 0.2) is 0 Å². The Balaban J connectivity index is 2.49. The van der Waals surface area contributed by atoms with Crippen molar-refractivity contribution in [3.05, 3.63) is 58.6 Å². The average molecular weight is 294 g/mol. The van der Waals surface area contributed by atoms with Crippen LogP contribution in [0, 0.1) is 0 Å². The highest BCUT2D eigenvalue weighted by Crippen LogP contribution is 2.31. The number of rotatable bonds is 3. The largest absolute Gasteiger partial charge is 0.281 e. The van der Waals surface area contributed by atoms with Gasteiger partial charge in [0.1, 0.15) is 0 Å². The van der Waals surface area contributed by atoms with Gasteiger partial charge in [0, 0.05) is 12.1 Å². The number of halogens is 2. The fourth-order valence-corrected chi connectivity index (χ4v) is 2.09. The second kappa shape index (κ2) is 6.09. The Bertz CT molecular complexity index is 584. The quantitative estimate of drug-likeness (QED) is 0.774. The SMILES string of the molecule is CCC(=O)N(c1ccccc1)c1ccc(Cl)c(Cl)c1. The topological polar surface area (TPSA) is 20.3 Å². The molecule has 0 aliphatic carbocycles. The molecule has 0 heterocycles. The molecule has 2 nitrogen and oxygen atoms in total. The van der Waals surface area contributed by atoms with Crippen molar-refractivity contribution < 1.29 is 4.79 Å². The number of benzene rings is 2. The predicted octanol–water partition coefficient (Wildman–Crippen LogP) is 5.07. The maximum atomic E-state index is 12.2. The number of para-hydroxylation sites is 1. The van der Waals surface area contributed by atoms with Crippen molar-refractivity contribution in [2.75, 3.05) is 4.90 Å². The molecule has 4 heteroatoms. The van der Waals surface area contributed by atoms with Gasteiger partial charge >= 0.3 is 0 Å². The number of carbonyl (C=O) groups is 1. The van der Waals surface area contributed by atoms with Crippen LogP contribution < -0.4 is 4.90 Å². The summed E-state index contributed by atoms with van der Waals surface area (Å²) >= 11 is 11.9. The van der Waals surface area contributed by atoms with E-state index in [0.717, 1.165) is 5.69 Å². The van der Waals surface area contributed by atoms with Gasteiger partial charge in [0.2, 0.25) is 5.91 Å². The fraction of sp³-hybridized carbons (Fsp3) is 0.133. The van der Waals surface area contributed by atoms with Crippen LogP contribution in [0.15, 0.2) is 48.5 Å². The van der Waals surface area contributed by atoms with Gasteiger partial charge in [0.25, 0.3) is 0 Å². The van der Waals surface area contributed by atoms with Crippen LogP contribution in [0.2, 0.25) is 10.0 Å². The average Bonchev–Trinajstić information content (AvgIpc) is 2.44. The van der Waals surface area contributed by atoms with Crippen molar-refractivity contribution in [3.63, 3.8) is 0 Å². The van der Waals surface area contributed by atoms with Crippen LogP contribution in [-0.4, -0.2) is 5.91 Å². The third-order valence-electron chi connectivity index (χ3n) is 2.73. The zero-order valence-electron chi connectivity index (χ0n) is 10.4. The van der Waals surface area contributed by atoms with Gasteiger partial charge < -0.3 is 0 Å². The minimum absolute atomic E-state index is 0.00425. The Morgan fingerprint density at radius 3 is 2.26 bits per heavy atom.